The highest BCUT2D eigenvalue weighted by Gasteiger charge is 2.45. The van der Waals surface area contributed by atoms with Crippen LogP contribution < -0.4 is 16.1 Å². The fraction of sp³-hybridized carbons (Fsp3) is 1.00. The molecule has 0 amide bonds. The summed E-state index contributed by atoms with van der Waals surface area (Å²) in [6, 6.07) is 0.687. The zero-order chi connectivity index (χ0) is 11.6. The summed E-state index contributed by atoms with van der Waals surface area (Å²) in [4.78, 5) is 0. The van der Waals surface area contributed by atoms with Gasteiger partial charge in [0, 0.05) is 6.04 Å². The maximum Gasteiger partial charge on any atom is 0.138 e. The zero-order valence-corrected chi connectivity index (χ0v) is 10.8. The van der Waals surface area contributed by atoms with Gasteiger partial charge < -0.3 is 0 Å². The van der Waals surface area contributed by atoms with Gasteiger partial charge in [0.05, 0.1) is 0 Å². The van der Waals surface area contributed by atoms with Crippen molar-refractivity contribution in [2.24, 2.45) is 5.92 Å². The second-order valence-corrected chi connectivity index (χ2v) is 5.10. The van der Waals surface area contributed by atoms with Gasteiger partial charge in [0.25, 0.3) is 0 Å². The second-order valence-electron chi connectivity index (χ2n) is 5.10. The van der Waals surface area contributed by atoms with Crippen LogP contribution in [0.4, 0.5) is 0 Å². The third-order valence-electron chi connectivity index (χ3n) is 4.56. The molecule has 0 radical (unpaired) electrons. The lowest BCUT2D eigenvalue weighted by molar-refractivity contribution is -0.108. The molecule has 1 aliphatic heterocycles. The smallest absolute Gasteiger partial charge is 0.138 e. The number of hydrazine groups is 1. The minimum Gasteiger partial charge on any atom is -0.289 e. The molecule has 0 aromatic heterocycles. The highest BCUT2D eigenvalue weighted by molar-refractivity contribution is 5.75. The van der Waals surface area contributed by atoms with Gasteiger partial charge in [0.1, 0.15) is 5.79 Å². The summed E-state index contributed by atoms with van der Waals surface area (Å²) in [7, 11) is 6.13. The SMILES string of the molecule is CNN1C2CCCCC2CCC1(NC)NC.[SiH4]. The number of hydrogen-bond donors (Lipinski definition) is 3. The topological polar surface area (TPSA) is 39.3 Å². The van der Waals surface area contributed by atoms with Crippen LogP contribution in [-0.4, -0.2) is 48.9 Å². The van der Waals surface area contributed by atoms with Crippen LogP contribution >= 0.6 is 0 Å². The Morgan fingerprint density at radius 3 is 2.24 bits per heavy atom. The molecule has 2 fully saturated rings. The van der Waals surface area contributed by atoms with Crippen LogP contribution in [0.5, 0.6) is 0 Å². The Balaban J connectivity index is 0.00000144. The van der Waals surface area contributed by atoms with Gasteiger partial charge in [0.2, 0.25) is 0 Å². The van der Waals surface area contributed by atoms with Crippen LogP contribution in [0.25, 0.3) is 0 Å². The van der Waals surface area contributed by atoms with E-state index in [2.05, 4.69) is 21.1 Å². The Labute approximate surface area is 110 Å². The first-order valence-electron chi connectivity index (χ1n) is 6.62. The molecule has 2 aliphatic rings. The Bertz CT molecular complexity index is 233. The first-order chi connectivity index (χ1) is 7.77. The van der Waals surface area contributed by atoms with Crippen molar-refractivity contribution in [3.8, 4) is 0 Å². The molecule has 2 rings (SSSR count). The van der Waals surface area contributed by atoms with Crippen LogP contribution in [0.15, 0.2) is 0 Å². The minimum atomic E-state index is -0.0622. The molecule has 1 saturated heterocycles. The third-order valence-corrected chi connectivity index (χ3v) is 4.56. The largest absolute Gasteiger partial charge is 0.289 e. The van der Waals surface area contributed by atoms with Gasteiger partial charge >= 0.3 is 0 Å². The van der Waals surface area contributed by atoms with E-state index in [4.69, 9.17) is 0 Å². The van der Waals surface area contributed by atoms with Crippen molar-refractivity contribution in [1.29, 1.82) is 0 Å². The molecule has 1 aliphatic carbocycles. The average Bonchev–Trinajstić information content (AvgIpc) is 2.37. The lowest BCUT2D eigenvalue weighted by Crippen LogP contribution is -2.74. The van der Waals surface area contributed by atoms with Crippen LogP contribution in [0.1, 0.15) is 38.5 Å². The van der Waals surface area contributed by atoms with Crippen molar-refractivity contribution in [1.82, 2.24) is 21.1 Å². The lowest BCUT2D eigenvalue weighted by atomic mass is 9.77. The molecule has 102 valence electrons. The van der Waals surface area contributed by atoms with Gasteiger partial charge in [-0.15, -0.1) is 0 Å². The van der Waals surface area contributed by atoms with Crippen LogP contribution in [0, 0.1) is 5.92 Å². The van der Waals surface area contributed by atoms with E-state index in [1.807, 2.05) is 21.1 Å². The first kappa shape index (κ1) is 15.1. The molecular formula is C12H30N4Si. The quantitative estimate of drug-likeness (QED) is 0.468. The second kappa shape index (κ2) is 6.29. The van der Waals surface area contributed by atoms with Gasteiger partial charge in [-0.3, -0.25) is 16.1 Å². The Morgan fingerprint density at radius 1 is 1.00 bits per heavy atom. The van der Waals surface area contributed by atoms with Crippen molar-refractivity contribution >= 4 is 11.0 Å². The predicted molar refractivity (Wildman–Crippen MR) is 78.1 cm³/mol. The normalized spacial score (nSPS) is 32.6. The van der Waals surface area contributed by atoms with Crippen LogP contribution in [0.2, 0.25) is 0 Å². The highest BCUT2D eigenvalue weighted by Crippen LogP contribution is 2.38. The van der Waals surface area contributed by atoms with Crippen molar-refractivity contribution in [2.75, 3.05) is 21.1 Å². The molecular weight excluding hydrogens is 228 g/mol. The number of nitrogens with zero attached hydrogens (tertiary/aromatic N) is 1. The number of hydrogen-bond acceptors (Lipinski definition) is 4. The Hall–Kier alpha value is 0.0569. The molecule has 0 aromatic carbocycles. The molecule has 3 N–H and O–H groups in total. The third kappa shape index (κ3) is 2.58. The van der Waals surface area contributed by atoms with E-state index < -0.39 is 0 Å². The summed E-state index contributed by atoms with van der Waals surface area (Å²) in [6.07, 6.45) is 8.04. The fourth-order valence-corrected chi connectivity index (χ4v) is 3.64. The van der Waals surface area contributed by atoms with Crippen molar-refractivity contribution in [2.45, 2.75) is 50.4 Å². The van der Waals surface area contributed by atoms with Gasteiger partial charge in [0.15, 0.2) is 0 Å². The maximum atomic E-state index is 3.45. The monoisotopic (exact) mass is 258 g/mol. The summed E-state index contributed by atoms with van der Waals surface area (Å²) >= 11 is 0. The number of nitrogens with one attached hydrogen (secondary N) is 3. The molecule has 0 bridgehead atoms. The van der Waals surface area contributed by atoms with Gasteiger partial charge in [-0.2, -0.15) is 0 Å². The number of fused-ring (bicyclic) bond motifs is 1. The summed E-state index contributed by atoms with van der Waals surface area (Å²) in [6.45, 7) is 0. The number of rotatable bonds is 3. The van der Waals surface area contributed by atoms with Crippen LogP contribution in [-0.2, 0) is 0 Å². The van der Waals surface area contributed by atoms with E-state index in [0.717, 1.165) is 5.92 Å². The van der Waals surface area contributed by atoms with Crippen molar-refractivity contribution in [3.63, 3.8) is 0 Å². The van der Waals surface area contributed by atoms with Crippen molar-refractivity contribution < 1.29 is 0 Å². The fourth-order valence-electron chi connectivity index (χ4n) is 3.64. The maximum absolute atomic E-state index is 3.45. The predicted octanol–water partition coefficient (Wildman–Crippen LogP) is -0.584. The summed E-state index contributed by atoms with van der Waals surface area (Å²) < 4.78 is 0. The van der Waals surface area contributed by atoms with E-state index in [-0.39, 0.29) is 16.8 Å². The molecule has 1 saturated carbocycles. The first-order valence-corrected chi connectivity index (χ1v) is 6.62. The summed E-state index contributed by atoms with van der Waals surface area (Å²) in [5.41, 5.74) is 3.40. The van der Waals surface area contributed by atoms with Gasteiger partial charge in [-0.1, -0.05) is 12.8 Å². The van der Waals surface area contributed by atoms with E-state index in [1.54, 1.807) is 0 Å². The van der Waals surface area contributed by atoms with E-state index in [1.165, 1.54) is 38.5 Å². The van der Waals surface area contributed by atoms with Crippen molar-refractivity contribution in [3.05, 3.63) is 0 Å². The molecule has 5 heteroatoms. The molecule has 4 nitrogen and oxygen atoms in total. The Kier molecular flexibility index (Phi) is 5.59. The van der Waals surface area contributed by atoms with Gasteiger partial charge in [-0.05, 0) is 63.7 Å². The summed E-state index contributed by atoms with van der Waals surface area (Å²) in [5, 5.41) is 9.32. The average molecular weight is 258 g/mol. The standard InChI is InChI=1S/C12H26N4.H4Si/c1-13-12(14-2)9-8-10-6-4-5-7-11(10)16(12)15-3;/h10-11,13-15H,4-9H2,1-3H3;1H4. The Morgan fingerprint density at radius 2 is 1.65 bits per heavy atom. The molecule has 2 unspecified atom stereocenters. The van der Waals surface area contributed by atoms with Gasteiger partial charge in [-0.25, -0.2) is 5.01 Å². The molecule has 0 spiro atoms. The molecule has 0 aromatic rings. The van der Waals surface area contributed by atoms with E-state index >= 15 is 0 Å². The minimum absolute atomic E-state index is 0. The van der Waals surface area contributed by atoms with Crippen LogP contribution in [0.3, 0.4) is 0 Å². The number of piperidine rings is 1. The summed E-state index contributed by atoms with van der Waals surface area (Å²) in [5.74, 6) is 0.823. The molecule has 2 atom stereocenters. The van der Waals surface area contributed by atoms with E-state index in [0.29, 0.717) is 6.04 Å². The molecule has 17 heavy (non-hydrogen) atoms. The lowest BCUT2D eigenvalue weighted by Gasteiger charge is -2.54. The van der Waals surface area contributed by atoms with E-state index in [9.17, 15) is 0 Å². The highest BCUT2D eigenvalue weighted by atomic mass is 28.1. The molecule has 1 heterocycles. The zero-order valence-electron chi connectivity index (χ0n) is 10.8.